The summed E-state index contributed by atoms with van der Waals surface area (Å²) in [6.07, 6.45) is 7.60. The van der Waals surface area contributed by atoms with Crippen LogP contribution in [0, 0.1) is 11.8 Å². The van der Waals surface area contributed by atoms with Crippen LogP contribution in [0.1, 0.15) is 86.0 Å². The summed E-state index contributed by atoms with van der Waals surface area (Å²) in [4.78, 5) is 0. The van der Waals surface area contributed by atoms with Crippen molar-refractivity contribution in [1.29, 1.82) is 0 Å². The molecule has 0 bridgehead atoms. The molecule has 0 spiro atoms. The predicted octanol–water partition coefficient (Wildman–Crippen LogP) is 7.27. The fourth-order valence-corrected chi connectivity index (χ4v) is 4.03. The SMILES string of the molecule is CC.CCCC1CCC(COC(C)CCC(C)C2=C(F)C(F)=C(OC)CC2)OC1. The van der Waals surface area contributed by atoms with Gasteiger partial charge in [-0.1, -0.05) is 34.1 Å². The first-order valence-corrected chi connectivity index (χ1v) is 11.5. The fraction of sp³-hybridized carbons (Fsp3) is 0.833. The second-order valence-electron chi connectivity index (χ2n) is 8.09. The lowest BCUT2D eigenvalue weighted by Crippen LogP contribution is -2.30. The van der Waals surface area contributed by atoms with Gasteiger partial charge in [-0.05, 0) is 62.9 Å². The Hall–Kier alpha value is -0.940. The molecule has 0 aromatic carbocycles. The van der Waals surface area contributed by atoms with Crippen molar-refractivity contribution in [2.24, 2.45) is 11.8 Å². The lowest BCUT2D eigenvalue weighted by Gasteiger charge is -2.29. The van der Waals surface area contributed by atoms with Gasteiger partial charge in [0.15, 0.2) is 11.7 Å². The minimum atomic E-state index is -0.828. The average molecular weight is 417 g/mol. The Labute approximate surface area is 176 Å². The average Bonchev–Trinajstić information content (AvgIpc) is 2.75. The van der Waals surface area contributed by atoms with E-state index in [0.717, 1.165) is 25.9 Å². The van der Waals surface area contributed by atoms with Crippen molar-refractivity contribution in [1.82, 2.24) is 0 Å². The van der Waals surface area contributed by atoms with E-state index in [2.05, 4.69) is 6.92 Å². The minimum absolute atomic E-state index is 0.000869. The van der Waals surface area contributed by atoms with E-state index >= 15 is 0 Å². The molecule has 0 aromatic heterocycles. The molecule has 1 saturated heterocycles. The van der Waals surface area contributed by atoms with E-state index in [-0.39, 0.29) is 23.9 Å². The Bertz CT molecular complexity index is 522. The van der Waals surface area contributed by atoms with E-state index in [9.17, 15) is 8.78 Å². The van der Waals surface area contributed by atoms with Crippen LogP contribution in [0.3, 0.4) is 0 Å². The van der Waals surface area contributed by atoms with Gasteiger partial charge in [-0.25, -0.2) is 8.78 Å². The Kier molecular flexibility index (Phi) is 12.7. The van der Waals surface area contributed by atoms with Gasteiger partial charge in [0.1, 0.15) is 5.76 Å². The highest BCUT2D eigenvalue weighted by Gasteiger charge is 2.27. The lowest BCUT2D eigenvalue weighted by atomic mass is 9.88. The topological polar surface area (TPSA) is 27.7 Å². The molecule has 4 unspecified atom stereocenters. The maximum Gasteiger partial charge on any atom is 0.196 e. The Balaban J connectivity index is 0.00000204. The van der Waals surface area contributed by atoms with Crippen LogP contribution in [0.2, 0.25) is 0 Å². The van der Waals surface area contributed by atoms with Crippen LogP contribution in [-0.4, -0.2) is 32.5 Å². The summed E-state index contributed by atoms with van der Waals surface area (Å²) >= 11 is 0. The number of ether oxygens (including phenoxy) is 3. The number of hydrogen-bond donors (Lipinski definition) is 0. The first-order chi connectivity index (χ1) is 14.0. The summed E-state index contributed by atoms with van der Waals surface area (Å²) in [5, 5.41) is 0. The van der Waals surface area contributed by atoms with Crippen molar-refractivity contribution in [3.8, 4) is 0 Å². The summed E-state index contributed by atoms with van der Waals surface area (Å²) in [5.74, 6) is -0.729. The van der Waals surface area contributed by atoms with Gasteiger partial charge in [0.2, 0.25) is 0 Å². The molecule has 5 heteroatoms. The quantitative estimate of drug-likeness (QED) is 0.375. The first-order valence-electron chi connectivity index (χ1n) is 11.5. The number of rotatable bonds is 10. The zero-order valence-electron chi connectivity index (χ0n) is 19.4. The number of halogens is 2. The summed E-state index contributed by atoms with van der Waals surface area (Å²) in [6, 6.07) is 0. The van der Waals surface area contributed by atoms with E-state index < -0.39 is 11.7 Å². The molecule has 2 rings (SSSR count). The first kappa shape index (κ1) is 26.1. The van der Waals surface area contributed by atoms with Crippen LogP contribution in [0.25, 0.3) is 0 Å². The molecular weight excluding hydrogens is 374 g/mol. The van der Waals surface area contributed by atoms with Crippen LogP contribution in [-0.2, 0) is 14.2 Å². The monoisotopic (exact) mass is 416 g/mol. The minimum Gasteiger partial charge on any atom is -0.498 e. The van der Waals surface area contributed by atoms with E-state index in [1.165, 1.54) is 26.4 Å². The Morgan fingerprint density at radius 1 is 1.07 bits per heavy atom. The van der Waals surface area contributed by atoms with E-state index in [4.69, 9.17) is 14.2 Å². The van der Waals surface area contributed by atoms with Crippen molar-refractivity contribution >= 4 is 0 Å². The predicted molar refractivity (Wildman–Crippen MR) is 115 cm³/mol. The van der Waals surface area contributed by atoms with Crippen LogP contribution in [0.15, 0.2) is 23.0 Å². The van der Waals surface area contributed by atoms with Gasteiger partial charge in [-0.3, -0.25) is 0 Å². The number of allylic oxidation sites excluding steroid dienone is 4. The molecule has 29 heavy (non-hydrogen) atoms. The Morgan fingerprint density at radius 2 is 1.79 bits per heavy atom. The van der Waals surface area contributed by atoms with Gasteiger partial charge >= 0.3 is 0 Å². The summed E-state index contributed by atoms with van der Waals surface area (Å²) in [5.41, 5.74) is 0.568. The van der Waals surface area contributed by atoms with Gasteiger partial charge < -0.3 is 14.2 Å². The standard InChI is InChI=1S/C22H36F2O3.C2H6/c1-5-6-17-9-10-18(27-13-17)14-26-16(3)8-7-15(2)19-11-12-20(25-4)22(24)21(19)23;1-2/h15-18H,5-14H2,1-4H3;1-2H3. The fourth-order valence-electron chi connectivity index (χ4n) is 4.03. The molecule has 1 fully saturated rings. The normalized spacial score (nSPS) is 24.7. The van der Waals surface area contributed by atoms with E-state index in [1.807, 2.05) is 27.7 Å². The molecule has 1 aliphatic carbocycles. The van der Waals surface area contributed by atoms with Crippen molar-refractivity contribution in [3.05, 3.63) is 23.0 Å². The molecule has 4 atom stereocenters. The highest BCUT2D eigenvalue weighted by Crippen LogP contribution is 2.37. The zero-order valence-corrected chi connectivity index (χ0v) is 19.4. The largest absolute Gasteiger partial charge is 0.498 e. The van der Waals surface area contributed by atoms with Crippen molar-refractivity contribution < 1.29 is 23.0 Å². The number of hydrogen-bond acceptors (Lipinski definition) is 3. The molecule has 0 amide bonds. The Morgan fingerprint density at radius 3 is 2.38 bits per heavy atom. The molecule has 0 aromatic rings. The molecule has 0 radical (unpaired) electrons. The third-order valence-corrected chi connectivity index (χ3v) is 5.92. The molecule has 1 heterocycles. The summed E-state index contributed by atoms with van der Waals surface area (Å²) < 4.78 is 45.0. The summed E-state index contributed by atoms with van der Waals surface area (Å²) in [7, 11) is 1.38. The van der Waals surface area contributed by atoms with Crippen LogP contribution in [0.5, 0.6) is 0 Å². The molecule has 2 aliphatic rings. The second-order valence-corrected chi connectivity index (χ2v) is 8.09. The van der Waals surface area contributed by atoms with Crippen molar-refractivity contribution in [2.75, 3.05) is 20.3 Å². The molecule has 3 nitrogen and oxygen atoms in total. The smallest absolute Gasteiger partial charge is 0.196 e. The van der Waals surface area contributed by atoms with Crippen LogP contribution < -0.4 is 0 Å². The zero-order chi connectivity index (χ0) is 21.8. The summed E-state index contributed by atoms with van der Waals surface area (Å²) in [6.45, 7) is 11.7. The van der Waals surface area contributed by atoms with Crippen molar-refractivity contribution in [2.45, 2.75) is 98.2 Å². The third-order valence-electron chi connectivity index (χ3n) is 5.92. The second kappa shape index (κ2) is 14.1. The van der Waals surface area contributed by atoms with Crippen molar-refractivity contribution in [3.63, 3.8) is 0 Å². The van der Waals surface area contributed by atoms with Crippen LogP contribution >= 0.6 is 0 Å². The maximum atomic E-state index is 14.2. The van der Waals surface area contributed by atoms with Gasteiger partial charge in [0.05, 0.1) is 25.9 Å². The molecular formula is C24H42F2O3. The van der Waals surface area contributed by atoms with E-state index in [1.54, 1.807) is 0 Å². The van der Waals surface area contributed by atoms with Crippen LogP contribution in [0.4, 0.5) is 8.78 Å². The molecule has 1 aliphatic heterocycles. The third kappa shape index (κ3) is 8.37. The molecule has 170 valence electrons. The molecule has 0 saturated carbocycles. The lowest BCUT2D eigenvalue weighted by molar-refractivity contribution is -0.0780. The number of methoxy groups -OCH3 is 1. The highest BCUT2D eigenvalue weighted by molar-refractivity contribution is 5.33. The van der Waals surface area contributed by atoms with Gasteiger partial charge in [-0.2, -0.15) is 0 Å². The van der Waals surface area contributed by atoms with Gasteiger partial charge in [-0.15, -0.1) is 0 Å². The van der Waals surface area contributed by atoms with Gasteiger partial charge in [0.25, 0.3) is 0 Å². The molecule has 0 N–H and O–H groups in total. The van der Waals surface area contributed by atoms with Gasteiger partial charge in [0, 0.05) is 13.0 Å². The maximum absolute atomic E-state index is 14.2. The highest BCUT2D eigenvalue weighted by atomic mass is 19.2. The van der Waals surface area contributed by atoms with E-state index in [0.29, 0.717) is 30.9 Å².